The Morgan fingerprint density at radius 1 is 0.688 bits per heavy atom. The van der Waals surface area contributed by atoms with Crippen molar-refractivity contribution < 1.29 is 63.4 Å². The molecule has 0 spiro atoms. The molecular formula is C42H37N9O13. The van der Waals surface area contributed by atoms with Crippen LogP contribution >= 0.6 is 0 Å². The van der Waals surface area contributed by atoms with Gasteiger partial charge in [-0.3, -0.25) is 29.1 Å². The van der Waals surface area contributed by atoms with Crippen LogP contribution in [0.25, 0.3) is 0 Å². The quantitative estimate of drug-likeness (QED) is 0.0626. The van der Waals surface area contributed by atoms with E-state index in [-0.39, 0.29) is 64.2 Å². The van der Waals surface area contributed by atoms with Gasteiger partial charge in [-0.1, -0.05) is 5.21 Å². The lowest BCUT2D eigenvalue weighted by atomic mass is 10.1. The third-order valence-corrected chi connectivity index (χ3v) is 9.05. The van der Waals surface area contributed by atoms with Gasteiger partial charge in [-0.05, 0) is 84.9 Å². The minimum atomic E-state index is -1.43. The molecule has 0 bridgehead atoms. The van der Waals surface area contributed by atoms with E-state index in [9.17, 15) is 49.2 Å². The van der Waals surface area contributed by atoms with Gasteiger partial charge in [0.1, 0.15) is 28.8 Å². The van der Waals surface area contributed by atoms with Crippen molar-refractivity contribution in [2.45, 2.75) is 12.5 Å². The van der Waals surface area contributed by atoms with Gasteiger partial charge in [0.05, 0.1) is 48.7 Å². The number of aromatic amines is 1. The number of amides is 5. The maximum Gasteiger partial charge on any atom is 0.339 e. The second kappa shape index (κ2) is 19.9. The zero-order valence-corrected chi connectivity index (χ0v) is 33.5. The fourth-order valence-corrected chi connectivity index (χ4v) is 5.89. The summed E-state index contributed by atoms with van der Waals surface area (Å²) in [7, 11) is 2.34. The Kier molecular flexibility index (Phi) is 13.8. The van der Waals surface area contributed by atoms with E-state index in [1.165, 1.54) is 98.4 Å². The van der Waals surface area contributed by atoms with Gasteiger partial charge in [-0.15, -0.1) is 5.10 Å². The Morgan fingerprint density at radius 2 is 1.31 bits per heavy atom. The monoisotopic (exact) mass is 875 g/mol. The molecule has 328 valence electrons. The predicted octanol–water partition coefficient (Wildman–Crippen LogP) is 3.53. The molecular weight excluding hydrogens is 839 g/mol. The topological polar surface area (TPSA) is 326 Å². The Morgan fingerprint density at radius 3 is 1.91 bits per heavy atom. The lowest BCUT2D eigenvalue weighted by Crippen LogP contribution is -2.45. The van der Waals surface area contributed by atoms with Crippen molar-refractivity contribution in [3.8, 4) is 34.5 Å². The van der Waals surface area contributed by atoms with Crippen LogP contribution in [0, 0.1) is 0 Å². The summed E-state index contributed by atoms with van der Waals surface area (Å²) in [5.74, 6) is -6.43. The summed E-state index contributed by atoms with van der Waals surface area (Å²) in [6, 6.07) is 17.9. The van der Waals surface area contributed by atoms with Gasteiger partial charge >= 0.3 is 5.97 Å². The number of nitrogens with one attached hydrogen (secondary N) is 6. The van der Waals surface area contributed by atoms with Crippen LogP contribution in [0.15, 0.2) is 97.3 Å². The van der Waals surface area contributed by atoms with Gasteiger partial charge in [-0.2, -0.15) is 0 Å². The number of carboxylic acids is 1. The number of nitrogens with zero attached hydrogens (tertiary/aromatic N) is 3. The van der Waals surface area contributed by atoms with Crippen molar-refractivity contribution in [2.75, 3.05) is 42.1 Å². The second-order valence-corrected chi connectivity index (χ2v) is 13.3. The predicted molar refractivity (Wildman–Crippen MR) is 225 cm³/mol. The van der Waals surface area contributed by atoms with Crippen molar-refractivity contribution in [1.82, 2.24) is 25.7 Å². The van der Waals surface area contributed by atoms with E-state index in [1.807, 2.05) is 0 Å². The van der Waals surface area contributed by atoms with Crippen LogP contribution in [0.4, 0.5) is 22.7 Å². The number of aromatic nitrogens is 4. The first-order chi connectivity index (χ1) is 30.7. The molecule has 0 fully saturated rings. The molecule has 0 saturated heterocycles. The summed E-state index contributed by atoms with van der Waals surface area (Å²) in [6.45, 7) is -0.306. The molecule has 22 heteroatoms. The molecule has 2 heterocycles. The third-order valence-electron chi connectivity index (χ3n) is 9.05. The SMILES string of the molecule is COc1c(NC(=O)c2ccc(NC(=O)c3ccc(NC(=O)[C@H](Cc4c[nH]nn4)NC(=O)c4ccc(NC(=O)COc5ccc(O)cc5)cc4)cn3)c(OC)c2O)ccc(C(=O)O)c1O. The zero-order chi connectivity index (χ0) is 45.9. The highest BCUT2D eigenvalue weighted by Crippen LogP contribution is 2.40. The maximum atomic E-state index is 13.5. The smallest absolute Gasteiger partial charge is 0.339 e. The number of phenols is 3. The number of methoxy groups -OCH3 is 2. The summed E-state index contributed by atoms with van der Waals surface area (Å²) in [6.07, 6.45) is 2.58. The van der Waals surface area contributed by atoms with Crippen LogP contribution in [0.5, 0.6) is 34.5 Å². The number of carbonyl (C=O) groups excluding carboxylic acids is 5. The molecule has 10 N–H and O–H groups in total. The van der Waals surface area contributed by atoms with Gasteiger partial charge in [0.25, 0.3) is 23.6 Å². The minimum absolute atomic E-state index is 0.0517. The summed E-state index contributed by atoms with van der Waals surface area (Å²) >= 11 is 0. The lowest BCUT2D eigenvalue weighted by molar-refractivity contribution is -0.118. The number of hydrogen-bond acceptors (Lipinski definition) is 15. The number of pyridine rings is 1. The van der Waals surface area contributed by atoms with Gasteiger partial charge in [-0.25, -0.2) is 9.78 Å². The highest BCUT2D eigenvalue weighted by atomic mass is 16.5. The number of carboxylic acid groups (broad SMARTS) is 1. The van der Waals surface area contributed by atoms with E-state index in [0.717, 1.165) is 13.2 Å². The van der Waals surface area contributed by atoms with Crippen molar-refractivity contribution in [1.29, 1.82) is 0 Å². The number of phenolic OH excluding ortho intramolecular Hbond substituents is 2. The highest BCUT2D eigenvalue weighted by Gasteiger charge is 2.26. The Balaban J connectivity index is 1.07. The van der Waals surface area contributed by atoms with E-state index in [1.54, 1.807) is 0 Å². The summed E-state index contributed by atoms with van der Waals surface area (Å²) < 4.78 is 15.7. The highest BCUT2D eigenvalue weighted by molar-refractivity contribution is 6.10. The standard InChI is InChI=1S/C42H37N9O13/c1-62-36-30(15-12-27(34(36)54)39(57)47-29-16-13-28(42(60)61)35(55)37(29)63-2)48-40(58)31-14-7-23(18-43-31)46-41(59)32(17-24-19-44-51-50-24)49-38(56)21-3-5-22(6-4-21)45-33(53)20-64-26-10-8-25(52)9-11-26/h3-16,18-19,32,52,54-55H,17,20H2,1-2H3,(H,45,53)(H,46,59)(H,47,57)(H,48,58)(H,49,56)(H,60,61)(H,44,50,51)/t32-/m0/s1. The number of hydrogen-bond donors (Lipinski definition) is 10. The first-order valence-corrected chi connectivity index (χ1v) is 18.6. The molecule has 0 radical (unpaired) electrons. The molecule has 0 aliphatic heterocycles. The summed E-state index contributed by atoms with van der Waals surface area (Å²) in [5, 5.41) is 62.9. The fraction of sp³-hybridized carbons (Fsp3) is 0.119. The molecule has 0 saturated carbocycles. The first kappa shape index (κ1) is 44.3. The number of carbonyl (C=O) groups is 6. The van der Waals surface area contributed by atoms with Crippen molar-refractivity contribution >= 4 is 58.3 Å². The van der Waals surface area contributed by atoms with Crippen molar-refractivity contribution in [3.05, 3.63) is 125 Å². The Hall–Kier alpha value is -9.21. The van der Waals surface area contributed by atoms with Gasteiger partial charge in [0.2, 0.25) is 5.91 Å². The van der Waals surface area contributed by atoms with Crippen molar-refractivity contribution in [2.24, 2.45) is 0 Å². The average Bonchev–Trinajstić information content (AvgIpc) is 3.80. The molecule has 5 amide bonds. The van der Waals surface area contributed by atoms with Gasteiger partial charge in [0.15, 0.2) is 29.6 Å². The normalized spacial score (nSPS) is 11.0. The number of aromatic hydroxyl groups is 3. The number of aromatic carboxylic acids is 1. The van der Waals surface area contributed by atoms with Crippen LogP contribution in [0.1, 0.15) is 47.3 Å². The van der Waals surface area contributed by atoms with Gasteiger partial charge in [0, 0.05) is 23.9 Å². The number of rotatable bonds is 17. The molecule has 6 aromatic rings. The number of anilines is 4. The van der Waals surface area contributed by atoms with Crippen LogP contribution in [0.2, 0.25) is 0 Å². The van der Waals surface area contributed by atoms with E-state index < -0.39 is 58.6 Å². The van der Waals surface area contributed by atoms with E-state index in [4.69, 9.17) is 14.2 Å². The van der Waals surface area contributed by atoms with Crippen LogP contribution in [-0.2, 0) is 16.0 Å². The Bertz CT molecular complexity index is 2690. The maximum absolute atomic E-state index is 13.5. The molecule has 22 nitrogen and oxygen atoms in total. The molecule has 6 rings (SSSR count). The molecule has 1 atom stereocenters. The summed E-state index contributed by atoms with van der Waals surface area (Å²) in [4.78, 5) is 81.1. The van der Waals surface area contributed by atoms with Gasteiger partial charge < -0.3 is 61.2 Å². The summed E-state index contributed by atoms with van der Waals surface area (Å²) in [5.41, 5.74) is -0.00254. The number of benzene rings is 4. The second-order valence-electron chi connectivity index (χ2n) is 13.3. The van der Waals surface area contributed by atoms with E-state index in [0.29, 0.717) is 17.1 Å². The first-order valence-electron chi connectivity index (χ1n) is 18.6. The fourth-order valence-electron chi connectivity index (χ4n) is 5.89. The molecule has 0 unspecified atom stereocenters. The Labute approximate surface area is 361 Å². The van der Waals surface area contributed by atoms with Crippen LogP contribution in [-0.4, -0.2) is 103 Å². The molecule has 64 heavy (non-hydrogen) atoms. The van der Waals surface area contributed by atoms with Crippen molar-refractivity contribution in [3.63, 3.8) is 0 Å². The van der Waals surface area contributed by atoms with Crippen LogP contribution < -0.4 is 40.8 Å². The largest absolute Gasteiger partial charge is 0.508 e. The molecule has 0 aliphatic carbocycles. The molecule has 0 aliphatic rings. The average molecular weight is 876 g/mol. The van der Waals surface area contributed by atoms with E-state index >= 15 is 0 Å². The zero-order valence-electron chi connectivity index (χ0n) is 33.5. The third kappa shape index (κ3) is 10.7. The minimum Gasteiger partial charge on any atom is -0.508 e. The number of ether oxygens (including phenoxy) is 3. The lowest BCUT2D eigenvalue weighted by Gasteiger charge is -2.18. The van der Waals surface area contributed by atoms with Crippen LogP contribution in [0.3, 0.4) is 0 Å². The van der Waals surface area contributed by atoms with E-state index in [2.05, 4.69) is 47.0 Å². The molecule has 2 aromatic heterocycles. The molecule has 4 aromatic carbocycles. The number of H-pyrrole nitrogens is 1.